The molecule has 2 aromatic carbocycles. The lowest BCUT2D eigenvalue weighted by Crippen LogP contribution is -2.09. The summed E-state index contributed by atoms with van der Waals surface area (Å²) in [6.07, 6.45) is 1.63. The summed E-state index contributed by atoms with van der Waals surface area (Å²) in [7, 11) is 0. The van der Waals surface area contributed by atoms with Crippen LogP contribution in [0.25, 0.3) is 0 Å². The van der Waals surface area contributed by atoms with E-state index in [-0.39, 0.29) is 12.4 Å². The first-order valence-electron chi connectivity index (χ1n) is 5.88. The molecule has 20 heavy (non-hydrogen) atoms. The van der Waals surface area contributed by atoms with E-state index in [1.54, 1.807) is 42.6 Å². The van der Waals surface area contributed by atoms with Gasteiger partial charge in [-0.3, -0.25) is 4.99 Å². The molecule has 0 fully saturated rings. The largest absolute Gasteiger partial charge is 0.482 e. The van der Waals surface area contributed by atoms with Crippen LogP contribution in [-0.4, -0.2) is 23.9 Å². The lowest BCUT2D eigenvalue weighted by molar-refractivity contribution is -0.139. The third kappa shape index (κ3) is 4.20. The Hall–Kier alpha value is -2.69. The normalized spacial score (nSPS) is 10.7. The van der Waals surface area contributed by atoms with Gasteiger partial charge in [0.05, 0.1) is 5.69 Å². The van der Waals surface area contributed by atoms with Crippen molar-refractivity contribution in [1.29, 1.82) is 0 Å². The number of hydrogen-bond acceptors (Lipinski definition) is 3. The molecule has 0 aliphatic rings. The maximum atomic E-state index is 12.7. The Labute approximate surface area is 115 Å². The van der Waals surface area contributed by atoms with Crippen LogP contribution in [0.15, 0.2) is 53.5 Å². The number of carboxylic acid groups (broad SMARTS) is 1. The average molecular weight is 273 g/mol. The Morgan fingerprint density at radius 2 is 1.80 bits per heavy atom. The second kappa shape index (κ2) is 6.47. The number of nitrogens with zero attached hydrogens (tertiary/aromatic N) is 1. The molecule has 4 nitrogen and oxygen atoms in total. The highest BCUT2D eigenvalue weighted by Crippen LogP contribution is 2.14. The van der Waals surface area contributed by atoms with Crippen molar-refractivity contribution >= 4 is 17.9 Å². The monoisotopic (exact) mass is 273 g/mol. The predicted molar refractivity (Wildman–Crippen MR) is 73.2 cm³/mol. The third-order valence-electron chi connectivity index (χ3n) is 2.43. The van der Waals surface area contributed by atoms with Gasteiger partial charge in [0.15, 0.2) is 6.61 Å². The van der Waals surface area contributed by atoms with Crippen molar-refractivity contribution in [3.05, 3.63) is 59.9 Å². The summed E-state index contributed by atoms with van der Waals surface area (Å²) in [6.45, 7) is -0.372. The van der Waals surface area contributed by atoms with Crippen molar-refractivity contribution < 1.29 is 19.0 Å². The minimum Gasteiger partial charge on any atom is -0.482 e. The highest BCUT2D eigenvalue weighted by atomic mass is 19.1. The van der Waals surface area contributed by atoms with E-state index in [2.05, 4.69) is 4.99 Å². The Kier molecular flexibility index (Phi) is 4.44. The molecule has 0 radical (unpaired) electrons. The SMILES string of the molecule is O=C(O)COc1ccc(C=Nc2ccc(F)cc2)cc1. The van der Waals surface area contributed by atoms with Gasteiger partial charge < -0.3 is 9.84 Å². The predicted octanol–water partition coefficient (Wildman–Crippen LogP) is 3.04. The van der Waals surface area contributed by atoms with Crippen LogP contribution in [0.2, 0.25) is 0 Å². The molecule has 0 bridgehead atoms. The van der Waals surface area contributed by atoms with Gasteiger partial charge in [0, 0.05) is 6.21 Å². The van der Waals surface area contributed by atoms with Gasteiger partial charge in [-0.25, -0.2) is 9.18 Å². The summed E-state index contributed by atoms with van der Waals surface area (Å²) in [5.41, 5.74) is 1.48. The second-order valence-electron chi connectivity index (χ2n) is 3.99. The van der Waals surface area contributed by atoms with Gasteiger partial charge in [0.25, 0.3) is 0 Å². The van der Waals surface area contributed by atoms with Crippen LogP contribution < -0.4 is 4.74 Å². The van der Waals surface area contributed by atoms with Gasteiger partial charge in [0.2, 0.25) is 0 Å². The smallest absolute Gasteiger partial charge is 0.341 e. The van der Waals surface area contributed by atoms with Gasteiger partial charge in [-0.2, -0.15) is 0 Å². The average Bonchev–Trinajstić information content (AvgIpc) is 2.45. The van der Waals surface area contributed by atoms with Crippen LogP contribution in [0.4, 0.5) is 10.1 Å². The van der Waals surface area contributed by atoms with E-state index in [4.69, 9.17) is 9.84 Å². The first kappa shape index (κ1) is 13.7. The molecule has 102 valence electrons. The number of carboxylic acids is 1. The van der Waals surface area contributed by atoms with Crippen molar-refractivity contribution in [1.82, 2.24) is 0 Å². The summed E-state index contributed by atoms with van der Waals surface area (Å²) in [5, 5.41) is 8.49. The Balaban J connectivity index is 1.99. The van der Waals surface area contributed by atoms with E-state index in [0.717, 1.165) is 5.56 Å². The van der Waals surface area contributed by atoms with Gasteiger partial charge in [-0.1, -0.05) is 0 Å². The molecule has 0 atom stereocenters. The molecule has 0 aliphatic heterocycles. The van der Waals surface area contributed by atoms with Crippen molar-refractivity contribution in [3.8, 4) is 5.75 Å². The van der Waals surface area contributed by atoms with Crippen LogP contribution in [0, 0.1) is 5.82 Å². The first-order valence-corrected chi connectivity index (χ1v) is 5.88. The minimum atomic E-state index is -1.02. The van der Waals surface area contributed by atoms with Crippen molar-refractivity contribution in [3.63, 3.8) is 0 Å². The maximum absolute atomic E-state index is 12.7. The lowest BCUT2D eigenvalue weighted by atomic mass is 10.2. The molecule has 0 unspecified atom stereocenters. The zero-order chi connectivity index (χ0) is 14.4. The van der Waals surface area contributed by atoms with Gasteiger partial charge >= 0.3 is 5.97 Å². The molecular weight excluding hydrogens is 261 g/mol. The van der Waals surface area contributed by atoms with E-state index in [1.165, 1.54) is 12.1 Å². The van der Waals surface area contributed by atoms with Crippen LogP contribution in [0.3, 0.4) is 0 Å². The summed E-state index contributed by atoms with van der Waals surface area (Å²) in [5.74, 6) is -0.845. The number of aliphatic carboxylic acids is 1. The quantitative estimate of drug-likeness (QED) is 0.852. The van der Waals surface area contributed by atoms with Crippen molar-refractivity contribution in [2.75, 3.05) is 6.61 Å². The topological polar surface area (TPSA) is 58.9 Å². The number of halogens is 1. The molecule has 1 N–H and O–H groups in total. The lowest BCUT2D eigenvalue weighted by Gasteiger charge is -2.02. The van der Waals surface area contributed by atoms with Gasteiger partial charge in [-0.05, 0) is 54.1 Å². The molecule has 2 rings (SSSR count). The number of ether oxygens (including phenoxy) is 1. The standard InChI is InChI=1S/C15H12FNO3/c16-12-3-5-13(6-4-12)17-9-11-1-7-14(8-2-11)20-10-15(18)19/h1-9H,10H2,(H,18,19). The second-order valence-corrected chi connectivity index (χ2v) is 3.99. The van der Waals surface area contributed by atoms with E-state index in [0.29, 0.717) is 11.4 Å². The van der Waals surface area contributed by atoms with E-state index in [9.17, 15) is 9.18 Å². The zero-order valence-corrected chi connectivity index (χ0v) is 10.5. The molecule has 0 aliphatic carbocycles. The zero-order valence-electron chi connectivity index (χ0n) is 10.5. The molecule has 0 aromatic heterocycles. The number of hydrogen-bond donors (Lipinski definition) is 1. The van der Waals surface area contributed by atoms with Crippen molar-refractivity contribution in [2.45, 2.75) is 0 Å². The third-order valence-corrected chi connectivity index (χ3v) is 2.43. The molecule has 0 amide bonds. The Bertz CT molecular complexity index is 606. The summed E-state index contributed by atoms with van der Waals surface area (Å²) in [6, 6.07) is 12.7. The van der Waals surface area contributed by atoms with Crippen LogP contribution in [0.1, 0.15) is 5.56 Å². The molecule has 2 aromatic rings. The fourth-order valence-electron chi connectivity index (χ4n) is 1.47. The van der Waals surface area contributed by atoms with Gasteiger partial charge in [-0.15, -0.1) is 0 Å². The number of carbonyl (C=O) groups is 1. The molecule has 0 saturated carbocycles. The highest BCUT2D eigenvalue weighted by Gasteiger charge is 1.98. The van der Waals surface area contributed by atoms with Crippen LogP contribution >= 0.6 is 0 Å². The number of aliphatic imine (C=N–C) groups is 1. The first-order chi connectivity index (χ1) is 9.63. The number of benzene rings is 2. The minimum absolute atomic E-state index is 0.302. The van der Waals surface area contributed by atoms with E-state index in [1.807, 2.05) is 0 Å². The fraction of sp³-hybridized carbons (Fsp3) is 0.0667. The molecule has 0 heterocycles. The number of rotatable bonds is 5. The van der Waals surface area contributed by atoms with Crippen molar-refractivity contribution in [2.24, 2.45) is 4.99 Å². The molecule has 5 heteroatoms. The van der Waals surface area contributed by atoms with Crippen LogP contribution in [0.5, 0.6) is 5.75 Å². The summed E-state index contributed by atoms with van der Waals surface area (Å²) >= 11 is 0. The molecule has 0 spiro atoms. The van der Waals surface area contributed by atoms with E-state index >= 15 is 0 Å². The van der Waals surface area contributed by atoms with Crippen LogP contribution in [-0.2, 0) is 4.79 Å². The summed E-state index contributed by atoms with van der Waals surface area (Å²) < 4.78 is 17.7. The van der Waals surface area contributed by atoms with Gasteiger partial charge in [0.1, 0.15) is 11.6 Å². The Morgan fingerprint density at radius 3 is 2.40 bits per heavy atom. The summed E-state index contributed by atoms with van der Waals surface area (Å²) in [4.78, 5) is 14.5. The van der Waals surface area contributed by atoms with E-state index < -0.39 is 5.97 Å². The molecule has 0 saturated heterocycles. The highest BCUT2D eigenvalue weighted by molar-refractivity contribution is 5.82. The Morgan fingerprint density at radius 1 is 1.15 bits per heavy atom. The fourth-order valence-corrected chi connectivity index (χ4v) is 1.47. The molecular formula is C15H12FNO3. The maximum Gasteiger partial charge on any atom is 0.341 e.